The van der Waals surface area contributed by atoms with Gasteiger partial charge in [-0.1, -0.05) is 11.6 Å². The average Bonchev–Trinajstić information content (AvgIpc) is 3.44. The number of fused-ring (bicyclic) bond motifs is 2. The van der Waals surface area contributed by atoms with E-state index in [9.17, 15) is 13.6 Å². The second-order valence-corrected chi connectivity index (χ2v) is 7.46. The van der Waals surface area contributed by atoms with Crippen LogP contribution < -0.4 is 0 Å². The number of imidazole rings is 1. The average molecular weight is 432 g/mol. The molecule has 0 saturated carbocycles. The van der Waals surface area contributed by atoms with E-state index in [1.165, 1.54) is 11.7 Å². The molecule has 0 saturated heterocycles. The van der Waals surface area contributed by atoms with Gasteiger partial charge in [0.05, 0.1) is 28.3 Å². The smallest absolute Gasteiger partial charge is 0.282 e. The summed E-state index contributed by atoms with van der Waals surface area (Å²) in [5.74, 6) is -0.418. The fourth-order valence-electron chi connectivity index (χ4n) is 3.87. The Morgan fingerprint density at radius 1 is 1.33 bits per heavy atom. The van der Waals surface area contributed by atoms with E-state index < -0.39 is 24.1 Å². The van der Waals surface area contributed by atoms with Crippen LogP contribution in [0.15, 0.2) is 36.8 Å². The molecule has 0 aromatic carbocycles. The van der Waals surface area contributed by atoms with Gasteiger partial charge >= 0.3 is 0 Å². The van der Waals surface area contributed by atoms with Gasteiger partial charge in [0.25, 0.3) is 12.3 Å². The Balaban J connectivity index is 1.62. The molecule has 4 aromatic rings. The molecule has 1 N–H and O–H groups in total. The molecule has 1 aliphatic heterocycles. The number of carbonyl (C=O) groups excluding carboxylic acids is 1. The highest BCUT2D eigenvalue weighted by atomic mass is 35.5. The van der Waals surface area contributed by atoms with Crippen LogP contribution in [0.5, 0.6) is 0 Å². The van der Waals surface area contributed by atoms with Crippen molar-refractivity contribution in [3.63, 3.8) is 0 Å². The van der Waals surface area contributed by atoms with E-state index in [0.717, 1.165) is 11.8 Å². The second kappa shape index (κ2) is 6.91. The Labute approximate surface area is 174 Å². The molecule has 8 nitrogen and oxygen atoms in total. The van der Waals surface area contributed by atoms with Crippen LogP contribution in [0.2, 0.25) is 5.02 Å². The zero-order valence-electron chi connectivity index (χ0n) is 15.8. The number of nitrogens with one attached hydrogen (secondary N) is 1. The van der Waals surface area contributed by atoms with Crippen molar-refractivity contribution in [1.29, 1.82) is 0 Å². The van der Waals surface area contributed by atoms with Gasteiger partial charge in [-0.3, -0.25) is 9.48 Å². The lowest BCUT2D eigenvalue weighted by Crippen LogP contribution is -2.41. The largest absolute Gasteiger partial charge is 0.348 e. The maximum absolute atomic E-state index is 13.4. The predicted octanol–water partition coefficient (Wildman–Crippen LogP) is 3.17. The lowest BCUT2D eigenvalue weighted by atomic mass is 9.99. The van der Waals surface area contributed by atoms with Gasteiger partial charge in [0.15, 0.2) is 0 Å². The van der Waals surface area contributed by atoms with Crippen molar-refractivity contribution in [1.82, 2.24) is 34.3 Å². The van der Waals surface area contributed by atoms with E-state index in [2.05, 4.69) is 20.2 Å². The fraction of sp³-hybridized carbons (Fsp3) is 0.263. The molecule has 1 amide bonds. The number of H-pyrrole nitrogens is 1. The molecule has 1 atom stereocenters. The summed E-state index contributed by atoms with van der Waals surface area (Å²) in [5, 5.41) is 8.89. The molecular weight excluding hydrogens is 416 g/mol. The van der Waals surface area contributed by atoms with Gasteiger partial charge in [-0.2, -0.15) is 10.2 Å². The minimum Gasteiger partial charge on any atom is -0.348 e. The van der Waals surface area contributed by atoms with Crippen LogP contribution in [0.1, 0.15) is 45.7 Å². The number of aromatic amines is 1. The van der Waals surface area contributed by atoms with Crippen LogP contribution >= 0.6 is 11.6 Å². The summed E-state index contributed by atoms with van der Waals surface area (Å²) in [5.41, 5.74) is 2.51. The van der Waals surface area contributed by atoms with Crippen LogP contribution in [0.3, 0.4) is 0 Å². The Morgan fingerprint density at radius 3 is 2.90 bits per heavy atom. The molecule has 30 heavy (non-hydrogen) atoms. The Bertz CT molecular complexity index is 1260. The number of pyridine rings is 1. The normalized spacial score (nSPS) is 16.4. The van der Waals surface area contributed by atoms with E-state index >= 15 is 0 Å². The highest BCUT2D eigenvalue weighted by Gasteiger charge is 2.37. The van der Waals surface area contributed by atoms with E-state index in [0.29, 0.717) is 34.9 Å². The summed E-state index contributed by atoms with van der Waals surface area (Å²) < 4.78 is 29.0. The highest BCUT2D eigenvalue weighted by Crippen LogP contribution is 2.35. The van der Waals surface area contributed by atoms with Crippen LogP contribution in [-0.2, 0) is 13.5 Å². The number of hydrogen-bond acceptors (Lipinski definition) is 4. The predicted molar refractivity (Wildman–Crippen MR) is 104 cm³/mol. The van der Waals surface area contributed by atoms with Gasteiger partial charge in [-0.05, 0) is 24.3 Å². The third-order valence-corrected chi connectivity index (χ3v) is 5.60. The minimum atomic E-state index is -2.76. The highest BCUT2D eigenvalue weighted by molar-refractivity contribution is 6.33. The van der Waals surface area contributed by atoms with Crippen LogP contribution in [0.25, 0.3) is 5.52 Å². The van der Waals surface area contributed by atoms with Crippen molar-refractivity contribution in [2.45, 2.75) is 18.9 Å². The van der Waals surface area contributed by atoms with Crippen LogP contribution in [0.4, 0.5) is 8.78 Å². The van der Waals surface area contributed by atoms with Crippen molar-refractivity contribution >= 4 is 23.0 Å². The van der Waals surface area contributed by atoms with E-state index in [1.807, 2.05) is 6.07 Å². The summed E-state index contributed by atoms with van der Waals surface area (Å²) in [7, 11) is 1.47. The maximum Gasteiger partial charge on any atom is 0.282 e. The molecule has 11 heteroatoms. The number of aromatic nitrogens is 6. The second-order valence-electron chi connectivity index (χ2n) is 7.05. The maximum atomic E-state index is 13.4. The zero-order chi connectivity index (χ0) is 21.0. The number of nitrogens with zero attached hydrogens (tertiary/aromatic N) is 6. The molecule has 0 aliphatic carbocycles. The molecule has 154 valence electrons. The number of carbonyl (C=O) groups is 1. The van der Waals surface area contributed by atoms with Crippen LogP contribution in [0, 0.1) is 0 Å². The topological polar surface area (TPSA) is 84.1 Å². The molecule has 1 unspecified atom stereocenters. The van der Waals surface area contributed by atoms with Crippen molar-refractivity contribution < 1.29 is 13.6 Å². The number of halogens is 3. The molecule has 0 bridgehead atoms. The lowest BCUT2D eigenvalue weighted by Gasteiger charge is -2.33. The Hall–Kier alpha value is -3.27. The van der Waals surface area contributed by atoms with Gasteiger partial charge in [-0.25, -0.2) is 18.3 Å². The fourth-order valence-corrected chi connectivity index (χ4v) is 4.09. The van der Waals surface area contributed by atoms with Crippen molar-refractivity contribution in [2.75, 3.05) is 6.54 Å². The first-order valence-corrected chi connectivity index (χ1v) is 9.61. The Kier molecular flexibility index (Phi) is 4.31. The van der Waals surface area contributed by atoms with Crippen molar-refractivity contribution in [2.24, 2.45) is 7.05 Å². The number of hydrogen-bond donors (Lipinski definition) is 1. The third kappa shape index (κ3) is 2.86. The van der Waals surface area contributed by atoms with Gasteiger partial charge in [0.1, 0.15) is 17.4 Å². The number of rotatable bonds is 3. The Morgan fingerprint density at radius 2 is 2.17 bits per heavy atom. The molecule has 0 spiro atoms. The first-order chi connectivity index (χ1) is 14.4. The summed E-state index contributed by atoms with van der Waals surface area (Å²) in [6.07, 6.45) is 1.15. The molecule has 5 rings (SSSR count). The summed E-state index contributed by atoms with van der Waals surface area (Å²) in [6, 6.07) is 5.88. The standard InChI is InChI=1S/C19H16ClF2N7O/c1-27-15(8-13(25-27)18(21)22)19(30)28-6-4-11-16(24-9-23-11)17(28)12-7-14-10(20)3-2-5-29(14)26-12/h2-3,5,7-9,17-18H,4,6H2,1H3,(H,23,24). The molecule has 0 fully saturated rings. The van der Waals surface area contributed by atoms with Crippen molar-refractivity contribution in [3.05, 3.63) is 70.3 Å². The molecular formula is C19H16ClF2N7O. The summed E-state index contributed by atoms with van der Waals surface area (Å²) >= 11 is 6.29. The monoisotopic (exact) mass is 431 g/mol. The van der Waals surface area contributed by atoms with Gasteiger partial charge in [0.2, 0.25) is 0 Å². The minimum absolute atomic E-state index is 0.0797. The molecule has 0 radical (unpaired) electrons. The number of aryl methyl sites for hydroxylation is 1. The summed E-state index contributed by atoms with van der Waals surface area (Å²) in [4.78, 5) is 22.5. The molecule has 5 heterocycles. The quantitative estimate of drug-likeness (QED) is 0.540. The van der Waals surface area contributed by atoms with Gasteiger partial charge in [0, 0.05) is 31.9 Å². The first-order valence-electron chi connectivity index (χ1n) is 9.23. The molecule has 1 aliphatic rings. The van der Waals surface area contributed by atoms with Crippen molar-refractivity contribution in [3.8, 4) is 0 Å². The van der Waals surface area contributed by atoms with Gasteiger partial charge in [-0.15, -0.1) is 0 Å². The molecule has 4 aromatic heterocycles. The third-order valence-electron chi connectivity index (χ3n) is 5.28. The zero-order valence-corrected chi connectivity index (χ0v) is 16.5. The first kappa shape index (κ1) is 18.7. The number of alkyl halides is 2. The van der Waals surface area contributed by atoms with E-state index in [-0.39, 0.29) is 5.69 Å². The van der Waals surface area contributed by atoms with E-state index in [4.69, 9.17) is 11.6 Å². The van der Waals surface area contributed by atoms with Gasteiger partial charge < -0.3 is 9.88 Å². The SMILES string of the molecule is Cn1nc(C(F)F)cc1C(=O)N1CCc2[nH]cnc2C1c1cc2c(Cl)cccn2n1. The van der Waals surface area contributed by atoms with Crippen LogP contribution in [-0.4, -0.2) is 46.7 Å². The summed E-state index contributed by atoms with van der Waals surface area (Å²) in [6.45, 7) is 0.371. The number of amides is 1. The van der Waals surface area contributed by atoms with E-state index in [1.54, 1.807) is 34.1 Å². The lowest BCUT2D eigenvalue weighted by molar-refractivity contribution is 0.0675.